The zero-order chi connectivity index (χ0) is 18.7. The van der Waals surface area contributed by atoms with E-state index in [-0.39, 0.29) is 12.3 Å². The highest BCUT2D eigenvalue weighted by molar-refractivity contribution is 7.20. The van der Waals surface area contributed by atoms with E-state index in [1.54, 1.807) is 18.3 Å². The molecule has 0 fully saturated rings. The Kier molecular flexibility index (Phi) is 5.53. The second-order valence-corrected chi connectivity index (χ2v) is 7.33. The molecular weight excluding hydrogens is 372 g/mol. The third kappa shape index (κ3) is 3.56. The molecule has 0 saturated carbocycles. The largest absolute Gasteiger partial charge is 0.465 e. The molecule has 0 aliphatic heterocycles. The highest BCUT2D eigenvalue weighted by atomic mass is 32.1. The van der Waals surface area contributed by atoms with Crippen molar-refractivity contribution in [3.63, 3.8) is 0 Å². The van der Waals surface area contributed by atoms with Crippen molar-refractivity contribution in [1.82, 2.24) is 9.97 Å². The first kappa shape index (κ1) is 18.3. The standard InChI is InChI=1S/C18H18N2O4S2/c1-4-12-14(17(21)23-3)10(2)15(20-12)18(22)24-8-11-9-26-16(19-11)13-6-5-7-25-13/h5-7,9,20H,4,8H2,1-3H3. The van der Waals surface area contributed by atoms with Gasteiger partial charge in [0.05, 0.1) is 23.2 Å². The van der Waals surface area contributed by atoms with Crippen molar-refractivity contribution < 1.29 is 19.1 Å². The minimum atomic E-state index is -0.516. The predicted molar refractivity (Wildman–Crippen MR) is 101 cm³/mol. The third-order valence-electron chi connectivity index (χ3n) is 3.91. The number of thiophene rings is 1. The number of methoxy groups -OCH3 is 1. The molecule has 1 N–H and O–H groups in total. The van der Waals surface area contributed by atoms with E-state index in [0.717, 1.165) is 9.88 Å². The average Bonchev–Trinajstić information content (AvgIpc) is 3.38. The van der Waals surface area contributed by atoms with Crippen LogP contribution in [0.25, 0.3) is 9.88 Å². The lowest BCUT2D eigenvalue weighted by Gasteiger charge is -2.03. The quantitative estimate of drug-likeness (QED) is 0.638. The first-order valence-electron chi connectivity index (χ1n) is 8.00. The van der Waals surface area contributed by atoms with Gasteiger partial charge in [-0.1, -0.05) is 13.0 Å². The van der Waals surface area contributed by atoms with E-state index < -0.39 is 11.9 Å². The molecule has 0 atom stereocenters. The summed E-state index contributed by atoms with van der Waals surface area (Å²) < 4.78 is 10.2. The van der Waals surface area contributed by atoms with Crippen LogP contribution in [0.2, 0.25) is 0 Å². The molecule has 3 heterocycles. The Balaban J connectivity index is 1.73. The number of aromatic amines is 1. The van der Waals surface area contributed by atoms with Gasteiger partial charge in [0, 0.05) is 11.1 Å². The van der Waals surface area contributed by atoms with Crippen LogP contribution in [0.5, 0.6) is 0 Å². The van der Waals surface area contributed by atoms with Crippen LogP contribution in [0.3, 0.4) is 0 Å². The Morgan fingerprint density at radius 3 is 2.73 bits per heavy atom. The van der Waals surface area contributed by atoms with Crippen LogP contribution in [0.15, 0.2) is 22.9 Å². The first-order chi connectivity index (χ1) is 12.5. The number of H-pyrrole nitrogens is 1. The SMILES string of the molecule is CCc1[nH]c(C(=O)OCc2csc(-c3cccs3)n2)c(C)c1C(=O)OC. The molecule has 0 radical (unpaired) electrons. The third-order valence-corrected chi connectivity index (χ3v) is 5.84. The summed E-state index contributed by atoms with van der Waals surface area (Å²) in [7, 11) is 1.32. The fourth-order valence-electron chi connectivity index (χ4n) is 2.60. The van der Waals surface area contributed by atoms with Gasteiger partial charge in [-0.05, 0) is 30.4 Å². The molecule has 136 valence electrons. The fraction of sp³-hybridized carbons (Fsp3) is 0.278. The lowest BCUT2D eigenvalue weighted by atomic mass is 10.1. The molecule has 3 aromatic heterocycles. The summed E-state index contributed by atoms with van der Waals surface area (Å²) in [5.74, 6) is -0.979. The van der Waals surface area contributed by atoms with E-state index in [0.29, 0.717) is 28.9 Å². The van der Waals surface area contributed by atoms with Gasteiger partial charge in [-0.3, -0.25) is 0 Å². The molecule has 0 aromatic carbocycles. The monoisotopic (exact) mass is 390 g/mol. The molecule has 0 aliphatic rings. The maximum atomic E-state index is 12.4. The van der Waals surface area contributed by atoms with Crippen LogP contribution in [-0.4, -0.2) is 29.0 Å². The van der Waals surface area contributed by atoms with Gasteiger partial charge in [0.2, 0.25) is 0 Å². The molecule has 0 spiro atoms. The minimum Gasteiger partial charge on any atom is -0.465 e. The van der Waals surface area contributed by atoms with Gasteiger partial charge in [0.15, 0.2) is 0 Å². The predicted octanol–water partition coefficient (Wildman–Crippen LogP) is 4.21. The topological polar surface area (TPSA) is 81.3 Å². The Labute approximate surface area is 158 Å². The van der Waals surface area contributed by atoms with Crippen molar-refractivity contribution in [1.29, 1.82) is 0 Å². The number of nitrogens with zero attached hydrogens (tertiary/aromatic N) is 1. The van der Waals surface area contributed by atoms with Crippen LogP contribution >= 0.6 is 22.7 Å². The van der Waals surface area contributed by atoms with Gasteiger partial charge in [0.1, 0.15) is 17.3 Å². The summed E-state index contributed by atoms with van der Waals surface area (Å²) in [5, 5.41) is 4.78. The first-order valence-corrected chi connectivity index (χ1v) is 9.76. The van der Waals surface area contributed by atoms with Crippen molar-refractivity contribution in [2.75, 3.05) is 7.11 Å². The highest BCUT2D eigenvalue weighted by Crippen LogP contribution is 2.28. The summed E-state index contributed by atoms with van der Waals surface area (Å²) in [6.45, 7) is 3.68. The van der Waals surface area contributed by atoms with Crippen molar-refractivity contribution in [2.45, 2.75) is 26.9 Å². The highest BCUT2D eigenvalue weighted by Gasteiger charge is 2.24. The van der Waals surface area contributed by atoms with Gasteiger partial charge in [0.25, 0.3) is 0 Å². The van der Waals surface area contributed by atoms with Gasteiger partial charge in [-0.25, -0.2) is 14.6 Å². The van der Waals surface area contributed by atoms with Gasteiger partial charge in [-0.2, -0.15) is 0 Å². The number of hydrogen-bond donors (Lipinski definition) is 1. The van der Waals surface area contributed by atoms with Crippen LogP contribution in [0.4, 0.5) is 0 Å². The zero-order valence-corrected chi connectivity index (χ0v) is 16.3. The number of hydrogen-bond acceptors (Lipinski definition) is 7. The van der Waals surface area contributed by atoms with Gasteiger partial charge >= 0.3 is 11.9 Å². The number of rotatable bonds is 6. The lowest BCUT2D eigenvalue weighted by molar-refractivity contribution is 0.0461. The van der Waals surface area contributed by atoms with Gasteiger partial charge < -0.3 is 14.5 Å². The van der Waals surface area contributed by atoms with Crippen molar-refractivity contribution in [3.8, 4) is 9.88 Å². The Hall–Kier alpha value is -2.45. The smallest absolute Gasteiger partial charge is 0.355 e. The number of carbonyl (C=O) groups is 2. The van der Waals surface area contributed by atoms with Gasteiger partial charge in [-0.15, -0.1) is 22.7 Å². The van der Waals surface area contributed by atoms with Crippen molar-refractivity contribution in [2.24, 2.45) is 0 Å². The minimum absolute atomic E-state index is 0.0776. The fourth-order valence-corrected chi connectivity index (χ4v) is 4.22. The molecule has 8 heteroatoms. The van der Waals surface area contributed by atoms with Crippen molar-refractivity contribution >= 4 is 34.6 Å². The molecule has 0 aliphatic carbocycles. The Morgan fingerprint density at radius 2 is 2.08 bits per heavy atom. The van der Waals surface area contributed by atoms with Crippen LogP contribution in [0, 0.1) is 6.92 Å². The normalized spacial score (nSPS) is 10.7. The lowest BCUT2D eigenvalue weighted by Crippen LogP contribution is -2.08. The second kappa shape index (κ2) is 7.84. The van der Waals surface area contributed by atoms with E-state index in [1.165, 1.54) is 18.4 Å². The number of nitrogens with one attached hydrogen (secondary N) is 1. The van der Waals surface area contributed by atoms with E-state index in [1.807, 2.05) is 29.8 Å². The van der Waals surface area contributed by atoms with E-state index in [2.05, 4.69) is 9.97 Å². The Morgan fingerprint density at radius 1 is 1.27 bits per heavy atom. The number of ether oxygens (including phenoxy) is 2. The molecule has 26 heavy (non-hydrogen) atoms. The average molecular weight is 390 g/mol. The molecule has 3 rings (SSSR count). The maximum absolute atomic E-state index is 12.4. The summed E-state index contributed by atoms with van der Waals surface area (Å²) in [6.07, 6.45) is 0.578. The number of carbonyl (C=O) groups excluding carboxylic acids is 2. The number of aromatic nitrogens is 2. The maximum Gasteiger partial charge on any atom is 0.355 e. The summed E-state index contributed by atoms with van der Waals surface area (Å²) in [5.41, 5.74) is 2.57. The summed E-state index contributed by atoms with van der Waals surface area (Å²) in [6, 6.07) is 3.97. The Bertz CT molecular complexity index is 925. The summed E-state index contributed by atoms with van der Waals surface area (Å²) in [4.78, 5) is 32.9. The molecular formula is C18H18N2O4S2. The van der Waals surface area contributed by atoms with E-state index in [9.17, 15) is 9.59 Å². The summed E-state index contributed by atoms with van der Waals surface area (Å²) >= 11 is 3.13. The number of aryl methyl sites for hydroxylation is 1. The van der Waals surface area contributed by atoms with Crippen LogP contribution in [0.1, 0.15) is 44.7 Å². The molecule has 0 saturated heterocycles. The number of esters is 2. The molecule has 6 nitrogen and oxygen atoms in total. The van der Waals surface area contributed by atoms with Crippen LogP contribution in [-0.2, 0) is 22.5 Å². The second-order valence-electron chi connectivity index (χ2n) is 5.52. The zero-order valence-electron chi connectivity index (χ0n) is 14.6. The molecule has 3 aromatic rings. The van der Waals surface area contributed by atoms with E-state index >= 15 is 0 Å². The number of thiazole rings is 1. The molecule has 0 unspecified atom stereocenters. The molecule has 0 amide bonds. The van der Waals surface area contributed by atoms with E-state index in [4.69, 9.17) is 9.47 Å². The van der Waals surface area contributed by atoms with Crippen molar-refractivity contribution in [3.05, 3.63) is 51.1 Å². The molecule has 0 bridgehead atoms. The van der Waals surface area contributed by atoms with Crippen LogP contribution < -0.4 is 0 Å².